The first-order valence-electron chi connectivity index (χ1n) is 7.19. The molecular weight excluding hydrogens is 282 g/mol. The van der Waals surface area contributed by atoms with Gasteiger partial charge in [0.15, 0.2) is 0 Å². The number of hydrogen-bond acceptors (Lipinski definition) is 3. The van der Waals surface area contributed by atoms with E-state index in [9.17, 15) is 9.90 Å². The fourth-order valence-electron chi connectivity index (χ4n) is 2.24. The third-order valence-electron chi connectivity index (χ3n) is 3.38. The second kappa shape index (κ2) is 7.38. The molecule has 0 aliphatic rings. The quantitative estimate of drug-likeness (QED) is 0.862. The Bertz CT molecular complexity index is 592. The SMILES string of the molecule is CCc1sc(C(=O)NCC(O)Cc2ccccc2)cc1C. The van der Waals surface area contributed by atoms with Gasteiger partial charge in [-0.05, 0) is 30.5 Å². The molecular formula is C17H21NO2S. The second-order valence-corrected chi connectivity index (χ2v) is 6.26. The van der Waals surface area contributed by atoms with E-state index in [4.69, 9.17) is 0 Å². The van der Waals surface area contributed by atoms with E-state index in [0.29, 0.717) is 6.42 Å². The van der Waals surface area contributed by atoms with Gasteiger partial charge in [0.25, 0.3) is 5.91 Å². The van der Waals surface area contributed by atoms with Crippen LogP contribution < -0.4 is 5.32 Å². The molecule has 2 N–H and O–H groups in total. The molecule has 1 atom stereocenters. The first-order valence-corrected chi connectivity index (χ1v) is 8.01. The summed E-state index contributed by atoms with van der Waals surface area (Å²) in [5.41, 5.74) is 2.23. The van der Waals surface area contributed by atoms with Gasteiger partial charge in [-0.15, -0.1) is 11.3 Å². The predicted octanol–water partition coefficient (Wildman–Crippen LogP) is 2.95. The Kier molecular flexibility index (Phi) is 5.53. The van der Waals surface area contributed by atoms with E-state index in [0.717, 1.165) is 22.4 Å². The minimum Gasteiger partial charge on any atom is -0.391 e. The monoisotopic (exact) mass is 303 g/mol. The van der Waals surface area contributed by atoms with Crippen molar-refractivity contribution in [1.29, 1.82) is 0 Å². The molecule has 112 valence electrons. The number of nitrogens with one attached hydrogen (secondary N) is 1. The summed E-state index contributed by atoms with van der Waals surface area (Å²) in [5, 5.41) is 12.8. The van der Waals surface area contributed by atoms with Crippen LogP contribution in [0.25, 0.3) is 0 Å². The number of aliphatic hydroxyl groups is 1. The van der Waals surface area contributed by atoms with Crippen LogP contribution >= 0.6 is 11.3 Å². The van der Waals surface area contributed by atoms with Crippen molar-refractivity contribution in [2.45, 2.75) is 32.8 Å². The van der Waals surface area contributed by atoms with Gasteiger partial charge in [-0.3, -0.25) is 4.79 Å². The van der Waals surface area contributed by atoms with Crippen molar-refractivity contribution < 1.29 is 9.90 Å². The fraction of sp³-hybridized carbons (Fsp3) is 0.353. The maximum Gasteiger partial charge on any atom is 0.261 e. The van der Waals surface area contributed by atoms with Crippen LogP contribution in [0.1, 0.15) is 32.6 Å². The zero-order valence-electron chi connectivity index (χ0n) is 12.4. The summed E-state index contributed by atoms with van der Waals surface area (Å²) in [5.74, 6) is -0.102. The highest BCUT2D eigenvalue weighted by atomic mass is 32.1. The lowest BCUT2D eigenvalue weighted by Crippen LogP contribution is -2.32. The first-order chi connectivity index (χ1) is 10.1. The van der Waals surface area contributed by atoms with E-state index in [1.807, 2.05) is 43.3 Å². The minimum absolute atomic E-state index is 0.102. The highest BCUT2D eigenvalue weighted by Gasteiger charge is 2.13. The van der Waals surface area contributed by atoms with Crippen LogP contribution in [0.3, 0.4) is 0 Å². The van der Waals surface area contributed by atoms with Crippen LogP contribution in [-0.2, 0) is 12.8 Å². The van der Waals surface area contributed by atoms with E-state index >= 15 is 0 Å². The summed E-state index contributed by atoms with van der Waals surface area (Å²) >= 11 is 1.53. The molecule has 21 heavy (non-hydrogen) atoms. The summed E-state index contributed by atoms with van der Waals surface area (Å²) < 4.78 is 0. The molecule has 0 saturated heterocycles. The van der Waals surface area contributed by atoms with Crippen LogP contribution in [-0.4, -0.2) is 23.7 Å². The fourth-order valence-corrected chi connectivity index (χ4v) is 3.27. The van der Waals surface area contributed by atoms with Gasteiger partial charge in [0, 0.05) is 17.8 Å². The molecule has 3 nitrogen and oxygen atoms in total. The summed E-state index contributed by atoms with van der Waals surface area (Å²) in [7, 11) is 0. The lowest BCUT2D eigenvalue weighted by atomic mass is 10.1. The highest BCUT2D eigenvalue weighted by molar-refractivity contribution is 7.14. The van der Waals surface area contributed by atoms with Crippen molar-refractivity contribution >= 4 is 17.2 Å². The lowest BCUT2D eigenvalue weighted by molar-refractivity contribution is 0.0920. The van der Waals surface area contributed by atoms with Gasteiger partial charge in [-0.25, -0.2) is 0 Å². The molecule has 0 saturated carbocycles. The molecule has 1 amide bonds. The van der Waals surface area contributed by atoms with Crippen molar-refractivity contribution in [1.82, 2.24) is 5.32 Å². The average Bonchev–Trinajstić information content (AvgIpc) is 2.87. The van der Waals surface area contributed by atoms with Crippen molar-refractivity contribution in [3.8, 4) is 0 Å². The summed E-state index contributed by atoms with van der Waals surface area (Å²) in [6, 6.07) is 11.7. The number of benzene rings is 1. The Morgan fingerprint density at radius 3 is 2.67 bits per heavy atom. The largest absolute Gasteiger partial charge is 0.391 e. The third-order valence-corrected chi connectivity index (χ3v) is 4.76. The summed E-state index contributed by atoms with van der Waals surface area (Å²) in [4.78, 5) is 14.0. The molecule has 1 aromatic carbocycles. The Balaban J connectivity index is 1.85. The highest BCUT2D eigenvalue weighted by Crippen LogP contribution is 2.22. The second-order valence-electron chi connectivity index (χ2n) is 5.12. The van der Waals surface area contributed by atoms with E-state index in [1.54, 1.807) is 0 Å². The molecule has 1 unspecified atom stereocenters. The first kappa shape index (κ1) is 15.7. The molecule has 1 aromatic heterocycles. The van der Waals surface area contributed by atoms with Gasteiger partial charge in [0.05, 0.1) is 11.0 Å². The Hall–Kier alpha value is -1.65. The summed E-state index contributed by atoms with van der Waals surface area (Å²) in [6.07, 6.45) is 0.925. The smallest absolute Gasteiger partial charge is 0.261 e. The Morgan fingerprint density at radius 2 is 2.05 bits per heavy atom. The van der Waals surface area contributed by atoms with Crippen LogP contribution in [0.5, 0.6) is 0 Å². The molecule has 0 aliphatic heterocycles. The molecule has 2 aromatic rings. The van der Waals surface area contributed by atoms with E-state index < -0.39 is 6.10 Å². The van der Waals surface area contributed by atoms with E-state index in [1.165, 1.54) is 16.2 Å². The number of amides is 1. The normalized spacial score (nSPS) is 12.1. The van der Waals surface area contributed by atoms with E-state index in [2.05, 4.69) is 12.2 Å². The number of carbonyl (C=O) groups excluding carboxylic acids is 1. The lowest BCUT2D eigenvalue weighted by Gasteiger charge is -2.11. The Morgan fingerprint density at radius 1 is 1.33 bits per heavy atom. The molecule has 0 bridgehead atoms. The zero-order chi connectivity index (χ0) is 15.2. The van der Waals surface area contributed by atoms with Gasteiger partial charge in [0.1, 0.15) is 0 Å². The standard InChI is InChI=1S/C17H21NO2S/c1-3-15-12(2)9-16(21-15)17(20)18-11-14(19)10-13-7-5-4-6-8-13/h4-9,14,19H,3,10-11H2,1-2H3,(H,18,20). The van der Waals surface area contributed by atoms with Crippen molar-refractivity contribution in [2.24, 2.45) is 0 Å². The van der Waals surface area contributed by atoms with Gasteiger partial charge < -0.3 is 10.4 Å². The number of thiophene rings is 1. The predicted molar refractivity (Wildman–Crippen MR) is 86.9 cm³/mol. The molecule has 0 spiro atoms. The van der Waals surface area contributed by atoms with Gasteiger partial charge in [-0.2, -0.15) is 0 Å². The zero-order valence-corrected chi connectivity index (χ0v) is 13.2. The molecule has 1 heterocycles. The number of aryl methyl sites for hydroxylation is 2. The minimum atomic E-state index is -0.567. The summed E-state index contributed by atoms with van der Waals surface area (Å²) in [6.45, 7) is 4.38. The number of aliphatic hydroxyl groups excluding tert-OH is 1. The van der Waals surface area contributed by atoms with Crippen molar-refractivity contribution in [2.75, 3.05) is 6.54 Å². The van der Waals surface area contributed by atoms with Crippen molar-refractivity contribution in [3.05, 3.63) is 57.3 Å². The maximum absolute atomic E-state index is 12.1. The van der Waals surface area contributed by atoms with Crippen LogP contribution in [0, 0.1) is 6.92 Å². The molecule has 2 rings (SSSR count). The van der Waals surface area contributed by atoms with Crippen molar-refractivity contribution in [3.63, 3.8) is 0 Å². The average molecular weight is 303 g/mol. The molecule has 4 heteroatoms. The number of rotatable bonds is 6. The van der Waals surface area contributed by atoms with Gasteiger partial charge in [-0.1, -0.05) is 37.3 Å². The van der Waals surface area contributed by atoms with Crippen LogP contribution in [0.4, 0.5) is 0 Å². The topological polar surface area (TPSA) is 49.3 Å². The molecule has 0 radical (unpaired) electrons. The van der Waals surface area contributed by atoms with E-state index in [-0.39, 0.29) is 12.5 Å². The van der Waals surface area contributed by atoms with Crippen LogP contribution in [0.2, 0.25) is 0 Å². The Labute approximate surface area is 129 Å². The number of carbonyl (C=O) groups is 1. The molecule has 0 fully saturated rings. The van der Waals surface area contributed by atoms with Crippen LogP contribution in [0.15, 0.2) is 36.4 Å². The van der Waals surface area contributed by atoms with Gasteiger partial charge in [0.2, 0.25) is 0 Å². The third kappa shape index (κ3) is 4.41. The maximum atomic E-state index is 12.1. The number of hydrogen-bond donors (Lipinski definition) is 2. The van der Waals surface area contributed by atoms with Gasteiger partial charge >= 0.3 is 0 Å². The molecule has 0 aliphatic carbocycles.